The molecule has 6 nitrogen and oxygen atoms in total. The summed E-state index contributed by atoms with van der Waals surface area (Å²) in [5, 5.41) is 0. The van der Waals surface area contributed by atoms with E-state index in [1.54, 1.807) is 0 Å². The number of rotatable bonds is 5. The minimum Gasteiger partial charge on any atom is -0.457 e. The summed E-state index contributed by atoms with van der Waals surface area (Å²) in [6, 6.07) is 0. The second kappa shape index (κ2) is 16.4. The fourth-order valence-electron chi connectivity index (χ4n) is 6.66. The molecule has 3 fully saturated rings. The normalized spacial score (nSPS) is 35.6. The van der Waals surface area contributed by atoms with Crippen LogP contribution in [0.5, 0.6) is 0 Å². The fourth-order valence-corrected chi connectivity index (χ4v) is 6.66. The number of carbonyl (C=O) groups is 2. The Morgan fingerprint density at radius 1 is 0.905 bits per heavy atom. The van der Waals surface area contributed by atoms with Crippen LogP contribution in [0.15, 0.2) is 59.8 Å². The van der Waals surface area contributed by atoms with Crippen LogP contribution in [0.25, 0.3) is 0 Å². The van der Waals surface area contributed by atoms with Crippen LogP contribution < -0.4 is 0 Å². The van der Waals surface area contributed by atoms with Crippen molar-refractivity contribution in [3.05, 3.63) is 59.8 Å². The summed E-state index contributed by atoms with van der Waals surface area (Å²) >= 11 is 0. The van der Waals surface area contributed by atoms with E-state index in [2.05, 4.69) is 39.0 Å². The Morgan fingerprint density at radius 3 is 2.38 bits per heavy atom. The maximum Gasteiger partial charge on any atom is 0.309 e. The second-order valence-corrected chi connectivity index (χ2v) is 12.9. The van der Waals surface area contributed by atoms with Gasteiger partial charge < -0.3 is 19.1 Å². The fraction of sp³-hybridized carbons (Fsp3) is 0.667. The van der Waals surface area contributed by atoms with Gasteiger partial charge >= 0.3 is 5.97 Å². The number of hydrogen-bond acceptors (Lipinski definition) is 5. The molecule has 4 bridgehead atoms. The third kappa shape index (κ3) is 10.4. The third-order valence-corrected chi connectivity index (χ3v) is 9.09. The first-order valence-corrected chi connectivity index (χ1v) is 16.4. The smallest absolute Gasteiger partial charge is 0.309 e. The Hall–Kier alpha value is -2.44. The van der Waals surface area contributed by atoms with Crippen LogP contribution in [0.3, 0.4) is 0 Å². The average Bonchev–Trinajstić information content (AvgIpc) is 3.50. The van der Waals surface area contributed by atoms with Crippen molar-refractivity contribution in [2.45, 2.75) is 129 Å². The predicted molar refractivity (Wildman–Crippen MR) is 168 cm³/mol. The first-order chi connectivity index (χ1) is 20.3. The van der Waals surface area contributed by atoms with E-state index in [0.29, 0.717) is 12.3 Å². The van der Waals surface area contributed by atoms with Crippen LogP contribution in [0, 0.1) is 11.8 Å². The van der Waals surface area contributed by atoms with Crippen molar-refractivity contribution in [1.29, 1.82) is 0 Å². The summed E-state index contributed by atoms with van der Waals surface area (Å²) in [6.07, 6.45) is 26.4. The second-order valence-electron chi connectivity index (χ2n) is 12.9. The number of amides is 1. The van der Waals surface area contributed by atoms with Gasteiger partial charge in [-0.2, -0.15) is 0 Å². The molecule has 0 aromatic heterocycles. The molecule has 6 heteroatoms. The lowest BCUT2D eigenvalue weighted by molar-refractivity contribution is -0.154. The van der Waals surface area contributed by atoms with Crippen molar-refractivity contribution in [2.24, 2.45) is 11.8 Å². The third-order valence-electron chi connectivity index (χ3n) is 9.09. The molecule has 4 aliphatic rings. The molecular weight excluding hydrogens is 526 g/mol. The molecule has 4 aliphatic heterocycles. The van der Waals surface area contributed by atoms with E-state index in [9.17, 15) is 9.59 Å². The van der Waals surface area contributed by atoms with E-state index in [1.165, 1.54) is 12.0 Å². The van der Waals surface area contributed by atoms with Gasteiger partial charge in [0.1, 0.15) is 6.10 Å². The van der Waals surface area contributed by atoms with Crippen molar-refractivity contribution in [2.75, 3.05) is 13.1 Å². The molecule has 0 radical (unpaired) electrons. The summed E-state index contributed by atoms with van der Waals surface area (Å²) in [5.74, 6) is 0.393. The molecule has 42 heavy (non-hydrogen) atoms. The lowest BCUT2D eigenvalue weighted by atomic mass is 9.90. The number of fused-ring (bicyclic) bond motifs is 4. The van der Waals surface area contributed by atoms with Crippen molar-refractivity contribution >= 4 is 11.9 Å². The van der Waals surface area contributed by atoms with E-state index in [1.807, 2.05) is 42.2 Å². The molecule has 7 unspecified atom stereocenters. The van der Waals surface area contributed by atoms with Gasteiger partial charge in [-0.05, 0) is 77.2 Å². The first-order valence-electron chi connectivity index (χ1n) is 16.4. The van der Waals surface area contributed by atoms with Gasteiger partial charge in [0.05, 0.1) is 30.8 Å². The van der Waals surface area contributed by atoms with Gasteiger partial charge in [-0.15, -0.1) is 0 Å². The summed E-state index contributed by atoms with van der Waals surface area (Å²) in [4.78, 5) is 27.5. The van der Waals surface area contributed by atoms with Crippen LogP contribution >= 0.6 is 0 Å². The zero-order chi connectivity index (χ0) is 29.9. The Labute approximate surface area is 253 Å². The van der Waals surface area contributed by atoms with Crippen molar-refractivity contribution in [3.63, 3.8) is 0 Å². The summed E-state index contributed by atoms with van der Waals surface area (Å²) in [7, 11) is 0. The van der Waals surface area contributed by atoms with Crippen LogP contribution in [-0.2, 0) is 23.8 Å². The molecule has 0 aromatic rings. The van der Waals surface area contributed by atoms with E-state index >= 15 is 0 Å². The average molecular weight is 580 g/mol. The Kier molecular flexibility index (Phi) is 12.7. The number of nitrogens with zero attached hydrogens (tertiary/aromatic N) is 1. The molecule has 0 N–H and O–H groups in total. The molecule has 1 amide bonds. The standard InChI is InChI=1S/C36H53NO5/c1-5-29-22-32-24-31-14-11-13-30(40-31)20-27(3)16-17-28(4)34(42-36(39)25-33(23-29)41-32)15-8-6-7-12-26(2)21-35(38)37-18-9-10-19-37/h5-8,12,15-17,27-28,30-34H,9-11,13-14,18-25H2,1-4H3/b7-6-,15-8+,17-16+,26-12+,29-5-. The van der Waals surface area contributed by atoms with Gasteiger partial charge in [0, 0.05) is 31.8 Å². The Morgan fingerprint density at radius 2 is 1.62 bits per heavy atom. The maximum absolute atomic E-state index is 13.2. The minimum absolute atomic E-state index is 0.0236. The van der Waals surface area contributed by atoms with Crippen LogP contribution in [-0.4, -0.2) is 60.4 Å². The van der Waals surface area contributed by atoms with Gasteiger partial charge in [-0.1, -0.05) is 67.5 Å². The number of allylic oxidation sites excluding steroid dienone is 6. The quantitative estimate of drug-likeness (QED) is 0.193. The predicted octanol–water partition coefficient (Wildman–Crippen LogP) is 7.41. The van der Waals surface area contributed by atoms with Crippen LogP contribution in [0.2, 0.25) is 0 Å². The topological polar surface area (TPSA) is 65.1 Å². The van der Waals surface area contributed by atoms with E-state index < -0.39 is 0 Å². The van der Waals surface area contributed by atoms with E-state index in [-0.39, 0.29) is 54.7 Å². The number of carbonyl (C=O) groups excluding carboxylic acids is 2. The Bertz CT molecular complexity index is 1050. The minimum atomic E-state index is -0.379. The molecule has 232 valence electrons. The largest absolute Gasteiger partial charge is 0.457 e. The van der Waals surface area contributed by atoms with Crippen molar-refractivity contribution < 1.29 is 23.8 Å². The van der Waals surface area contributed by atoms with Crippen LogP contribution in [0.1, 0.15) is 98.3 Å². The number of likely N-dealkylation sites (tertiary alicyclic amines) is 1. The number of ether oxygens (including phenoxy) is 3. The molecule has 4 rings (SSSR count). The molecule has 0 aliphatic carbocycles. The molecule has 3 saturated heterocycles. The van der Waals surface area contributed by atoms with E-state index in [4.69, 9.17) is 14.2 Å². The highest BCUT2D eigenvalue weighted by Crippen LogP contribution is 2.33. The molecular formula is C36H53NO5. The molecule has 7 atom stereocenters. The van der Waals surface area contributed by atoms with Crippen LogP contribution in [0.4, 0.5) is 0 Å². The lowest BCUT2D eigenvalue weighted by Crippen LogP contribution is -2.37. The molecule has 0 saturated carbocycles. The maximum atomic E-state index is 13.2. The number of esters is 1. The lowest BCUT2D eigenvalue weighted by Gasteiger charge is -2.37. The van der Waals surface area contributed by atoms with Gasteiger partial charge in [0.15, 0.2) is 0 Å². The monoisotopic (exact) mass is 579 g/mol. The Balaban J connectivity index is 1.43. The van der Waals surface area contributed by atoms with Gasteiger partial charge in [-0.3, -0.25) is 9.59 Å². The number of cyclic esters (lactones) is 1. The van der Waals surface area contributed by atoms with Gasteiger partial charge in [0.2, 0.25) is 5.91 Å². The molecule has 0 aromatic carbocycles. The highest BCUT2D eigenvalue weighted by molar-refractivity contribution is 5.78. The summed E-state index contributed by atoms with van der Waals surface area (Å²) in [5.41, 5.74) is 2.40. The van der Waals surface area contributed by atoms with E-state index in [0.717, 1.165) is 70.0 Å². The molecule has 0 spiro atoms. The van der Waals surface area contributed by atoms with Crippen molar-refractivity contribution in [1.82, 2.24) is 4.90 Å². The first kappa shape index (κ1) is 32.5. The van der Waals surface area contributed by atoms with Crippen molar-refractivity contribution in [3.8, 4) is 0 Å². The summed E-state index contributed by atoms with van der Waals surface area (Å²) < 4.78 is 19.1. The highest BCUT2D eigenvalue weighted by atomic mass is 16.5. The number of hydrogen-bond donors (Lipinski definition) is 0. The summed E-state index contributed by atoms with van der Waals surface area (Å²) in [6.45, 7) is 10.2. The highest BCUT2D eigenvalue weighted by Gasteiger charge is 2.32. The SMILES string of the molecule is C/C=C1\CC2CC(=O)OC(/C=C/C=C\C=C(/C)CC(=O)N3CCCC3)C(C)/C=C/C(C)CC3CCCC(CC(C1)O2)O3. The molecule has 4 heterocycles. The zero-order valence-electron chi connectivity index (χ0n) is 26.3. The van der Waals surface area contributed by atoms with Gasteiger partial charge in [-0.25, -0.2) is 0 Å². The van der Waals surface area contributed by atoms with Gasteiger partial charge in [0.25, 0.3) is 0 Å². The zero-order valence-corrected chi connectivity index (χ0v) is 26.3.